The molecule has 0 aliphatic heterocycles. The van der Waals surface area contributed by atoms with Crippen molar-refractivity contribution < 1.29 is 19.4 Å². The minimum atomic E-state index is -0.850. The molecule has 0 aromatic heterocycles. The Bertz CT molecular complexity index is 447. The van der Waals surface area contributed by atoms with Gasteiger partial charge in [-0.15, -0.1) is 0 Å². The van der Waals surface area contributed by atoms with Gasteiger partial charge < -0.3 is 15.2 Å². The predicted molar refractivity (Wildman–Crippen MR) is 71.9 cm³/mol. The molecule has 2 saturated carbocycles. The number of nitrogens with one attached hydrogen (secondary N) is 1. The van der Waals surface area contributed by atoms with Gasteiger partial charge in [-0.2, -0.15) is 0 Å². The van der Waals surface area contributed by atoms with Gasteiger partial charge in [-0.05, 0) is 37.5 Å². The molecule has 3 aliphatic rings. The van der Waals surface area contributed by atoms with E-state index in [2.05, 4.69) is 5.32 Å². The summed E-state index contributed by atoms with van der Waals surface area (Å²) >= 11 is 0. The first-order chi connectivity index (χ1) is 9.61. The molecule has 6 atom stereocenters. The van der Waals surface area contributed by atoms with Gasteiger partial charge in [-0.1, -0.05) is 12.2 Å². The molecule has 0 saturated heterocycles. The molecule has 20 heavy (non-hydrogen) atoms. The zero-order valence-electron chi connectivity index (χ0n) is 11.6. The molecule has 0 aromatic rings. The Hall–Kier alpha value is -1.36. The van der Waals surface area contributed by atoms with Crippen molar-refractivity contribution in [3.63, 3.8) is 0 Å². The van der Waals surface area contributed by atoms with Crippen LogP contribution >= 0.6 is 0 Å². The van der Waals surface area contributed by atoms with Crippen molar-refractivity contribution in [1.29, 1.82) is 0 Å². The lowest BCUT2D eigenvalue weighted by molar-refractivity contribution is -0.148. The van der Waals surface area contributed by atoms with Gasteiger partial charge >= 0.3 is 5.97 Å². The lowest BCUT2D eigenvalue weighted by Gasteiger charge is -2.27. The highest BCUT2D eigenvalue weighted by atomic mass is 16.5. The van der Waals surface area contributed by atoms with Crippen molar-refractivity contribution >= 4 is 11.9 Å². The Balaban J connectivity index is 1.70. The number of carboxylic acids is 1. The van der Waals surface area contributed by atoms with E-state index in [9.17, 15) is 14.7 Å². The molecular weight excluding hydrogens is 258 g/mol. The van der Waals surface area contributed by atoms with Crippen LogP contribution < -0.4 is 5.32 Å². The van der Waals surface area contributed by atoms with Crippen LogP contribution in [0.3, 0.4) is 0 Å². The lowest BCUT2D eigenvalue weighted by atomic mass is 9.82. The summed E-state index contributed by atoms with van der Waals surface area (Å²) in [5, 5.41) is 12.4. The normalized spacial score (nSPS) is 42.0. The maximum absolute atomic E-state index is 12.5. The van der Waals surface area contributed by atoms with E-state index in [1.807, 2.05) is 12.2 Å². The van der Waals surface area contributed by atoms with Crippen molar-refractivity contribution in [3.8, 4) is 0 Å². The molecule has 110 valence electrons. The van der Waals surface area contributed by atoms with Crippen LogP contribution in [0.4, 0.5) is 0 Å². The summed E-state index contributed by atoms with van der Waals surface area (Å²) in [6.07, 6.45) is 7.75. The Morgan fingerprint density at radius 3 is 2.55 bits per heavy atom. The van der Waals surface area contributed by atoms with Crippen molar-refractivity contribution in [2.75, 3.05) is 7.11 Å². The topological polar surface area (TPSA) is 75.6 Å². The summed E-state index contributed by atoms with van der Waals surface area (Å²) < 4.78 is 5.38. The molecule has 1 amide bonds. The van der Waals surface area contributed by atoms with E-state index >= 15 is 0 Å². The molecule has 5 nitrogen and oxygen atoms in total. The third kappa shape index (κ3) is 2.14. The molecule has 2 fully saturated rings. The van der Waals surface area contributed by atoms with Crippen LogP contribution in [0.25, 0.3) is 0 Å². The van der Waals surface area contributed by atoms with Crippen molar-refractivity contribution in [2.45, 2.75) is 37.8 Å². The number of carbonyl (C=O) groups excluding carboxylic acids is 1. The van der Waals surface area contributed by atoms with Crippen molar-refractivity contribution in [3.05, 3.63) is 12.2 Å². The van der Waals surface area contributed by atoms with Crippen LogP contribution in [0, 0.1) is 23.7 Å². The van der Waals surface area contributed by atoms with Crippen LogP contribution in [0.1, 0.15) is 25.7 Å². The molecular formula is C15H21NO4. The van der Waals surface area contributed by atoms with Crippen LogP contribution in [0.5, 0.6) is 0 Å². The molecule has 0 spiro atoms. The zero-order chi connectivity index (χ0) is 14.3. The van der Waals surface area contributed by atoms with Gasteiger partial charge in [0.15, 0.2) is 0 Å². The smallest absolute Gasteiger partial charge is 0.307 e. The number of carbonyl (C=O) groups is 2. The second-order valence-corrected chi connectivity index (χ2v) is 6.16. The average molecular weight is 279 g/mol. The fourth-order valence-corrected chi connectivity index (χ4v) is 4.17. The minimum Gasteiger partial charge on any atom is -0.481 e. The Labute approximate surface area is 118 Å². The number of hydrogen-bond donors (Lipinski definition) is 2. The second kappa shape index (κ2) is 5.20. The summed E-state index contributed by atoms with van der Waals surface area (Å²) in [7, 11) is 1.66. The molecule has 2 N–H and O–H groups in total. The van der Waals surface area contributed by atoms with Crippen LogP contribution in [-0.2, 0) is 14.3 Å². The van der Waals surface area contributed by atoms with E-state index in [4.69, 9.17) is 4.74 Å². The molecule has 5 heteroatoms. The van der Waals surface area contributed by atoms with Gasteiger partial charge in [0.05, 0.1) is 24.0 Å². The van der Waals surface area contributed by atoms with E-state index in [0.29, 0.717) is 0 Å². The van der Waals surface area contributed by atoms with Gasteiger partial charge in [0.2, 0.25) is 5.91 Å². The summed E-state index contributed by atoms with van der Waals surface area (Å²) in [6.45, 7) is 0. The molecule has 6 unspecified atom stereocenters. The van der Waals surface area contributed by atoms with E-state index in [1.54, 1.807) is 7.11 Å². The monoisotopic (exact) mass is 279 g/mol. The number of allylic oxidation sites excluding steroid dienone is 2. The lowest BCUT2D eigenvalue weighted by Crippen LogP contribution is -2.47. The summed E-state index contributed by atoms with van der Waals surface area (Å²) in [5.74, 6) is -1.83. The standard InChI is InChI=1S/C15H21NO4/c1-20-11-4-2-3-10(11)16-14(17)12-8-5-6-9(7-8)13(12)15(18)19/h5-6,8-13H,2-4,7H2,1H3,(H,16,17)(H,18,19). The van der Waals surface area contributed by atoms with E-state index in [-0.39, 0.29) is 29.9 Å². The highest BCUT2D eigenvalue weighted by Crippen LogP contribution is 2.48. The van der Waals surface area contributed by atoms with Gasteiger partial charge in [0, 0.05) is 7.11 Å². The van der Waals surface area contributed by atoms with Gasteiger partial charge in [0.25, 0.3) is 0 Å². The number of fused-ring (bicyclic) bond motifs is 2. The van der Waals surface area contributed by atoms with Gasteiger partial charge in [0.1, 0.15) is 0 Å². The third-order valence-corrected chi connectivity index (χ3v) is 5.13. The van der Waals surface area contributed by atoms with E-state index < -0.39 is 17.8 Å². The number of amides is 1. The maximum Gasteiger partial charge on any atom is 0.307 e. The molecule has 2 bridgehead atoms. The fourth-order valence-electron chi connectivity index (χ4n) is 4.17. The first kappa shape index (κ1) is 13.6. The number of rotatable bonds is 4. The predicted octanol–water partition coefficient (Wildman–Crippen LogP) is 1.19. The van der Waals surface area contributed by atoms with Crippen molar-refractivity contribution in [1.82, 2.24) is 5.32 Å². The zero-order valence-corrected chi connectivity index (χ0v) is 11.6. The first-order valence-electron chi connectivity index (χ1n) is 7.36. The fraction of sp³-hybridized carbons (Fsp3) is 0.733. The maximum atomic E-state index is 12.5. The first-order valence-corrected chi connectivity index (χ1v) is 7.36. The summed E-state index contributed by atoms with van der Waals surface area (Å²) in [6, 6.07) is 0.0325. The van der Waals surface area contributed by atoms with Crippen LogP contribution in [-0.4, -0.2) is 36.2 Å². The van der Waals surface area contributed by atoms with Crippen LogP contribution in [0.2, 0.25) is 0 Å². The SMILES string of the molecule is COC1CCCC1NC(=O)C1C2C=CC(C2)C1C(=O)O. The summed E-state index contributed by atoms with van der Waals surface area (Å²) in [5.41, 5.74) is 0. The highest BCUT2D eigenvalue weighted by molar-refractivity contribution is 5.87. The Morgan fingerprint density at radius 1 is 1.20 bits per heavy atom. The molecule has 0 radical (unpaired) electrons. The number of hydrogen-bond acceptors (Lipinski definition) is 3. The number of carboxylic acid groups (broad SMARTS) is 1. The third-order valence-electron chi connectivity index (χ3n) is 5.13. The molecule has 3 aliphatic carbocycles. The van der Waals surface area contributed by atoms with Crippen LogP contribution in [0.15, 0.2) is 12.2 Å². The van der Waals surface area contributed by atoms with Crippen molar-refractivity contribution in [2.24, 2.45) is 23.7 Å². The molecule has 0 heterocycles. The molecule has 3 rings (SSSR count). The molecule has 0 aromatic carbocycles. The summed E-state index contributed by atoms with van der Waals surface area (Å²) in [4.78, 5) is 23.9. The highest BCUT2D eigenvalue weighted by Gasteiger charge is 2.52. The Kier molecular flexibility index (Phi) is 3.54. The number of ether oxygens (including phenoxy) is 1. The largest absolute Gasteiger partial charge is 0.481 e. The number of methoxy groups -OCH3 is 1. The average Bonchev–Trinajstić information content (AvgIpc) is 3.12. The quantitative estimate of drug-likeness (QED) is 0.758. The van der Waals surface area contributed by atoms with E-state index in [1.165, 1.54) is 0 Å². The van der Waals surface area contributed by atoms with Gasteiger partial charge in [-0.25, -0.2) is 0 Å². The number of aliphatic carboxylic acids is 1. The second-order valence-electron chi connectivity index (χ2n) is 6.16. The van der Waals surface area contributed by atoms with Gasteiger partial charge in [-0.3, -0.25) is 9.59 Å². The minimum absolute atomic E-state index is 0.0232. The Morgan fingerprint density at radius 2 is 1.90 bits per heavy atom. The van der Waals surface area contributed by atoms with E-state index in [0.717, 1.165) is 25.7 Å².